The van der Waals surface area contributed by atoms with Gasteiger partial charge in [-0.1, -0.05) is 19.1 Å². The van der Waals surface area contributed by atoms with Gasteiger partial charge in [0.25, 0.3) is 11.6 Å². The third kappa shape index (κ3) is 2.68. The number of hydrogen-bond donors (Lipinski definition) is 0. The van der Waals surface area contributed by atoms with Crippen molar-refractivity contribution in [3.05, 3.63) is 34.3 Å². The molecule has 0 atom stereocenters. The molecule has 4 heteroatoms. The van der Waals surface area contributed by atoms with Crippen molar-refractivity contribution in [2.24, 2.45) is 0 Å². The molecule has 1 aromatic heterocycles. The Hall–Kier alpha value is -1.58. The van der Waals surface area contributed by atoms with E-state index >= 15 is 0 Å². The van der Waals surface area contributed by atoms with Crippen molar-refractivity contribution in [2.45, 2.75) is 26.8 Å². The molecule has 0 fully saturated rings. The van der Waals surface area contributed by atoms with Gasteiger partial charge in [0.2, 0.25) is 0 Å². The Bertz CT molecular complexity index is 421. The molecule has 0 aliphatic heterocycles. The normalized spacial score (nSPS) is 10.1. The fourth-order valence-electron chi connectivity index (χ4n) is 1.23. The third-order valence-electron chi connectivity index (χ3n) is 2.17. The van der Waals surface area contributed by atoms with E-state index in [2.05, 4.69) is 11.6 Å². The fourth-order valence-corrected chi connectivity index (χ4v) is 1.23. The summed E-state index contributed by atoms with van der Waals surface area (Å²) in [6, 6.07) is 1.83. The first kappa shape index (κ1) is 11.5. The molecular weight excluding hydrogens is 192 g/mol. The number of aryl methyl sites for hydroxylation is 1. The minimum Gasteiger partial charge on any atom is -0.468 e. The molecular formula is C11H16N2O2. The summed E-state index contributed by atoms with van der Waals surface area (Å²) in [5, 5.41) is 0. The predicted octanol–water partition coefficient (Wildman–Crippen LogP) is 1.53. The molecule has 15 heavy (non-hydrogen) atoms. The Kier molecular flexibility index (Phi) is 3.66. The monoisotopic (exact) mass is 208 g/mol. The second-order valence-electron chi connectivity index (χ2n) is 3.41. The molecule has 1 aromatic rings. The molecule has 0 amide bonds. The highest BCUT2D eigenvalue weighted by Gasteiger charge is 2.07. The first-order valence-corrected chi connectivity index (χ1v) is 4.87. The van der Waals surface area contributed by atoms with E-state index in [9.17, 15) is 4.79 Å². The highest BCUT2D eigenvalue weighted by Crippen LogP contribution is 2.08. The van der Waals surface area contributed by atoms with Crippen molar-refractivity contribution in [3.63, 3.8) is 0 Å². The number of nitrogens with zero attached hydrogens (tertiary/aromatic N) is 2. The zero-order valence-corrected chi connectivity index (χ0v) is 9.41. The van der Waals surface area contributed by atoms with Crippen LogP contribution in [0.1, 0.15) is 19.0 Å². The van der Waals surface area contributed by atoms with Crippen molar-refractivity contribution >= 4 is 0 Å². The first-order valence-electron chi connectivity index (χ1n) is 4.87. The lowest BCUT2D eigenvalue weighted by molar-refractivity contribution is 0.349. The van der Waals surface area contributed by atoms with Crippen LogP contribution in [0.5, 0.6) is 6.01 Å². The molecule has 4 nitrogen and oxygen atoms in total. The summed E-state index contributed by atoms with van der Waals surface area (Å²) in [5.74, 6) is 0. The van der Waals surface area contributed by atoms with Gasteiger partial charge in [-0.3, -0.25) is 9.36 Å². The summed E-state index contributed by atoms with van der Waals surface area (Å²) in [4.78, 5) is 15.8. The maximum Gasteiger partial charge on any atom is 0.299 e. The predicted molar refractivity (Wildman–Crippen MR) is 59.2 cm³/mol. The summed E-state index contributed by atoms with van der Waals surface area (Å²) in [5.41, 5.74) is 1.53. The second kappa shape index (κ2) is 4.77. The van der Waals surface area contributed by atoms with Crippen LogP contribution < -0.4 is 10.3 Å². The third-order valence-corrected chi connectivity index (χ3v) is 2.17. The Labute approximate surface area is 89.2 Å². The quantitative estimate of drug-likeness (QED) is 0.705. The number of ether oxygens (including phenoxy) is 1. The smallest absolute Gasteiger partial charge is 0.299 e. The topological polar surface area (TPSA) is 44.1 Å². The van der Waals surface area contributed by atoms with E-state index in [0.717, 1.165) is 12.0 Å². The largest absolute Gasteiger partial charge is 0.468 e. The summed E-state index contributed by atoms with van der Waals surface area (Å²) < 4.78 is 6.55. The number of rotatable bonds is 4. The van der Waals surface area contributed by atoms with E-state index in [4.69, 9.17) is 4.74 Å². The number of methoxy groups -OCH3 is 1. The molecule has 0 aromatic carbocycles. The number of hydrogen-bond acceptors (Lipinski definition) is 3. The van der Waals surface area contributed by atoms with Gasteiger partial charge in [-0.25, -0.2) is 4.98 Å². The average Bonchev–Trinajstić information content (AvgIpc) is 2.21. The lowest BCUT2D eigenvalue weighted by Crippen LogP contribution is -2.23. The summed E-state index contributed by atoms with van der Waals surface area (Å²) in [6.45, 7) is 8.10. The van der Waals surface area contributed by atoms with Gasteiger partial charge in [0.15, 0.2) is 0 Å². The van der Waals surface area contributed by atoms with Crippen LogP contribution in [0.4, 0.5) is 0 Å². The van der Waals surface area contributed by atoms with Gasteiger partial charge in [0.1, 0.15) is 0 Å². The molecule has 1 rings (SSSR count). The van der Waals surface area contributed by atoms with Crippen molar-refractivity contribution in [3.8, 4) is 6.01 Å². The Morgan fingerprint density at radius 3 is 2.87 bits per heavy atom. The Morgan fingerprint density at radius 2 is 2.33 bits per heavy atom. The van der Waals surface area contributed by atoms with Gasteiger partial charge in [-0.2, -0.15) is 0 Å². The van der Waals surface area contributed by atoms with Gasteiger partial charge >= 0.3 is 0 Å². The van der Waals surface area contributed by atoms with E-state index < -0.39 is 0 Å². The van der Waals surface area contributed by atoms with Gasteiger partial charge in [0.05, 0.1) is 13.7 Å². The van der Waals surface area contributed by atoms with Crippen LogP contribution in [0.2, 0.25) is 0 Å². The molecule has 0 bridgehead atoms. The van der Waals surface area contributed by atoms with E-state index in [1.54, 1.807) is 6.92 Å². The molecule has 0 saturated carbocycles. The minimum atomic E-state index is -0.103. The fraction of sp³-hybridized carbons (Fsp3) is 0.455. The van der Waals surface area contributed by atoms with Crippen molar-refractivity contribution in [2.75, 3.05) is 7.11 Å². The van der Waals surface area contributed by atoms with Crippen LogP contribution >= 0.6 is 0 Å². The van der Waals surface area contributed by atoms with Crippen molar-refractivity contribution in [1.82, 2.24) is 9.55 Å². The van der Waals surface area contributed by atoms with E-state index in [-0.39, 0.29) is 5.56 Å². The maximum atomic E-state index is 11.7. The van der Waals surface area contributed by atoms with Crippen LogP contribution in [0.3, 0.4) is 0 Å². The SMILES string of the molecule is C=C(CC)Cn1c(OC)nc(C)cc1=O. The highest BCUT2D eigenvalue weighted by molar-refractivity contribution is 5.09. The maximum absolute atomic E-state index is 11.7. The van der Waals surface area contributed by atoms with Crippen LogP contribution in [0.15, 0.2) is 23.0 Å². The molecule has 1 heterocycles. The molecule has 0 aliphatic rings. The minimum absolute atomic E-state index is 0.103. The molecule has 0 aliphatic carbocycles. The molecule has 0 spiro atoms. The molecule has 0 N–H and O–H groups in total. The summed E-state index contributed by atoms with van der Waals surface area (Å²) >= 11 is 0. The van der Waals surface area contributed by atoms with Crippen LogP contribution in [-0.4, -0.2) is 16.7 Å². The molecule has 0 saturated heterocycles. The van der Waals surface area contributed by atoms with Crippen molar-refractivity contribution < 1.29 is 4.74 Å². The van der Waals surface area contributed by atoms with Gasteiger partial charge in [0, 0.05) is 11.8 Å². The van der Waals surface area contributed by atoms with E-state index in [0.29, 0.717) is 18.2 Å². The lowest BCUT2D eigenvalue weighted by atomic mass is 10.2. The zero-order chi connectivity index (χ0) is 11.4. The molecule has 0 unspecified atom stereocenters. The Balaban J connectivity index is 3.15. The lowest BCUT2D eigenvalue weighted by Gasteiger charge is -2.11. The summed E-state index contributed by atoms with van der Waals surface area (Å²) in [6.07, 6.45) is 0.837. The highest BCUT2D eigenvalue weighted by atomic mass is 16.5. The van der Waals surface area contributed by atoms with Crippen LogP contribution in [0.25, 0.3) is 0 Å². The Morgan fingerprint density at radius 1 is 1.67 bits per heavy atom. The van der Waals surface area contributed by atoms with Gasteiger partial charge < -0.3 is 4.74 Å². The van der Waals surface area contributed by atoms with Gasteiger partial charge in [-0.05, 0) is 13.3 Å². The average molecular weight is 208 g/mol. The summed E-state index contributed by atoms with van der Waals surface area (Å²) in [7, 11) is 1.51. The van der Waals surface area contributed by atoms with Crippen molar-refractivity contribution in [1.29, 1.82) is 0 Å². The van der Waals surface area contributed by atoms with E-state index in [1.165, 1.54) is 17.7 Å². The molecule has 82 valence electrons. The zero-order valence-electron chi connectivity index (χ0n) is 9.41. The van der Waals surface area contributed by atoms with Crippen LogP contribution in [-0.2, 0) is 6.54 Å². The number of allylic oxidation sites excluding steroid dienone is 1. The second-order valence-corrected chi connectivity index (χ2v) is 3.41. The van der Waals surface area contributed by atoms with Crippen LogP contribution in [0, 0.1) is 6.92 Å². The van der Waals surface area contributed by atoms with E-state index in [1.807, 2.05) is 6.92 Å². The number of aromatic nitrogens is 2. The first-order chi connectivity index (χ1) is 7.08. The standard InChI is InChI=1S/C11H16N2O2/c1-5-8(2)7-13-10(14)6-9(3)12-11(13)15-4/h6H,2,5,7H2,1,3-4H3. The molecule has 0 radical (unpaired) electrons. The van der Waals surface area contributed by atoms with Gasteiger partial charge in [-0.15, -0.1) is 0 Å².